The summed E-state index contributed by atoms with van der Waals surface area (Å²) < 4.78 is 11.4. The molecule has 0 saturated heterocycles. The number of hydrogen-bond donors (Lipinski definition) is 2. The average Bonchev–Trinajstić information content (AvgIpc) is 2.43. The number of nitrogens with one attached hydrogen (secondary N) is 2. The SMILES string of the molecule is CNCc1cccc(Br)c1OCC(=O)NCCCOC. The summed E-state index contributed by atoms with van der Waals surface area (Å²) in [4.78, 5) is 11.7. The summed E-state index contributed by atoms with van der Waals surface area (Å²) in [6, 6.07) is 5.80. The summed E-state index contributed by atoms with van der Waals surface area (Å²) in [7, 11) is 3.51. The van der Waals surface area contributed by atoms with Crippen molar-refractivity contribution in [2.75, 3.05) is 33.9 Å². The summed E-state index contributed by atoms with van der Waals surface area (Å²) in [6.07, 6.45) is 0.794. The molecule has 1 aromatic rings. The van der Waals surface area contributed by atoms with E-state index in [1.807, 2.05) is 25.2 Å². The van der Waals surface area contributed by atoms with Crippen LogP contribution in [0.25, 0.3) is 0 Å². The molecule has 1 rings (SSSR count). The van der Waals surface area contributed by atoms with Gasteiger partial charge in [-0.3, -0.25) is 4.79 Å². The van der Waals surface area contributed by atoms with Crippen LogP contribution in [0.1, 0.15) is 12.0 Å². The van der Waals surface area contributed by atoms with Crippen molar-refractivity contribution in [3.05, 3.63) is 28.2 Å². The van der Waals surface area contributed by atoms with Crippen molar-refractivity contribution >= 4 is 21.8 Å². The van der Waals surface area contributed by atoms with Crippen molar-refractivity contribution in [2.24, 2.45) is 0 Å². The van der Waals surface area contributed by atoms with E-state index in [9.17, 15) is 4.79 Å². The van der Waals surface area contributed by atoms with Gasteiger partial charge in [0.25, 0.3) is 5.91 Å². The highest BCUT2D eigenvalue weighted by Gasteiger charge is 2.09. The van der Waals surface area contributed by atoms with Crippen molar-refractivity contribution in [1.29, 1.82) is 0 Å². The topological polar surface area (TPSA) is 59.6 Å². The van der Waals surface area contributed by atoms with Gasteiger partial charge < -0.3 is 20.1 Å². The third-order valence-corrected chi connectivity index (χ3v) is 3.24. The van der Waals surface area contributed by atoms with Gasteiger partial charge in [0.1, 0.15) is 5.75 Å². The monoisotopic (exact) mass is 344 g/mol. The fraction of sp³-hybridized carbons (Fsp3) is 0.500. The molecule has 0 unspecified atom stereocenters. The van der Waals surface area contributed by atoms with Crippen LogP contribution in [0.5, 0.6) is 5.75 Å². The number of para-hydroxylation sites is 1. The second kappa shape index (κ2) is 9.74. The Balaban J connectivity index is 2.46. The first kappa shape index (κ1) is 16.9. The van der Waals surface area contributed by atoms with Crippen molar-refractivity contribution in [2.45, 2.75) is 13.0 Å². The quantitative estimate of drug-likeness (QED) is 0.669. The van der Waals surface area contributed by atoms with Crippen LogP contribution >= 0.6 is 15.9 Å². The van der Waals surface area contributed by atoms with E-state index in [0.29, 0.717) is 25.4 Å². The molecule has 112 valence electrons. The van der Waals surface area contributed by atoms with Gasteiger partial charge in [0.15, 0.2) is 6.61 Å². The highest BCUT2D eigenvalue weighted by molar-refractivity contribution is 9.10. The van der Waals surface area contributed by atoms with E-state index in [4.69, 9.17) is 9.47 Å². The minimum Gasteiger partial charge on any atom is -0.482 e. The molecular formula is C14H21BrN2O3. The van der Waals surface area contributed by atoms with Crippen LogP contribution in [0.4, 0.5) is 0 Å². The van der Waals surface area contributed by atoms with Gasteiger partial charge in [-0.1, -0.05) is 12.1 Å². The van der Waals surface area contributed by atoms with E-state index >= 15 is 0 Å². The van der Waals surface area contributed by atoms with Gasteiger partial charge >= 0.3 is 0 Å². The Kier molecular flexibility index (Phi) is 8.25. The van der Waals surface area contributed by atoms with Crippen molar-refractivity contribution in [1.82, 2.24) is 10.6 Å². The number of ether oxygens (including phenoxy) is 2. The van der Waals surface area contributed by atoms with Gasteiger partial charge in [-0.2, -0.15) is 0 Å². The Bertz CT molecular complexity index is 427. The number of halogens is 1. The minimum absolute atomic E-state index is 0.00626. The van der Waals surface area contributed by atoms with E-state index in [2.05, 4.69) is 26.6 Å². The van der Waals surface area contributed by atoms with E-state index in [0.717, 1.165) is 16.5 Å². The van der Waals surface area contributed by atoms with Gasteiger partial charge in [-0.05, 0) is 35.5 Å². The van der Waals surface area contributed by atoms with E-state index in [1.165, 1.54) is 0 Å². The molecule has 0 fully saturated rings. The first-order valence-corrected chi connectivity index (χ1v) is 7.28. The Morgan fingerprint density at radius 3 is 2.90 bits per heavy atom. The normalized spacial score (nSPS) is 10.3. The molecule has 0 atom stereocenters. The Morgan fingerprint density at radius 2 is 2.20 bits per heavy atom. The van der Waals surface area contributed by atoms with Crippen LogP contribution in [0.3, 0.4) is 0 Å². The lowest BCUT2D eigenvalue weighted by Gasteiger charge is -2.13. The summed E-state index contributed by atoms with van der Waals surface area (Å²) in [5.41, 5.74) is 1.01. The summed E-state index contributed by atoms with van der Waals surface area (Å²) in [5, 5.41) is 5.86. The molecule has 6 heteroatoms. The number of amides is 1. The van der Waals surface area contributed by atoms with Crippen molar-refractivity contribution in [3.63, 3.8) is 0 Å². The largest absolute Gasteiger partial charge is 0.482 e. The number of carbonyl (C=O) groups is 1. The maximum atomic E-state index is 11.7. The first-order chi connectivity index (χ1) is 9.69. The zero-order valence-electron chi connectivity index (χ0n) is 11.9. The molecular weight excluding hydrogens is 324 g/mol. The number of rotatable bonds is 9. The summed E-state index contributed by atoms with van der Waals surface area (Å²) >= 11 is 3.44. The smallest absolute Gasteiger partial charge is 0.257 e. The fourth-order valence-electron chi connectivity index (χ4n) is 1.68. The van der Waals surface area contributed by atoms with Crippen molar-refractivity contribution < 1.29 is 14.3 Å². The fourth-order valence-corrected chi connectivity index (χ4v) is 2.20. The van der Waals surface area contributed by atoms with Gasteiger partial charge in [-0.25, -0.2) is 0 Å². The van der Waals surface area contributed by atoms with Gasteiger partial charge in [-0.15, -0.1) is 0 Å². The molecule has 0 heterocycles. The van der Waals surface area contributed by atoms with Crippen LogP contribution in [0, 0.1) is 0 Å². The first-order valence-electron chi connectivity index (χ1n) is 6.49. The zero-order valence-corrected chi connectivity index (χ0v) is 13.5. The lowest BCUT2D eigenvalue weighted by Crippen LogP contribution is -2.30. The molecule has 0 spiro atoms. The van der Waals surface area contributed by atoms with Crippen LogP contribution in [-0.4, -0.2) is 39.8 Å². The molecule has 0 aliphatic heterocycles. The second-order valence-corrected chi connectivity index (χ2v) is 5.10. The molecule has 0 aromatic heterocycles. The Morgan fingerprint density at radius 1 is 1.40 bits per heavy atom. The van der Waals surface area contributed by atoms with E-state index in [-0.39, 0.29) is 12.5 Å². The molecule has 20 heavy (non-hydrogen) atoms. The lowest BCUT2D eigenvalue weighted by atomic mass is 10.2. The van der Waals surface area contributed by atoms with Crippen molar-refractivity contribution in [3.8, 4) is 5.75 Å². The van der Waals surface area contributed by atoms with Crippen LogP contribution in [0.2, 0.25) is 0 Å². The molecule has 0 saturated carbocycles. The van der Waals surface area contributed by atoms with Crippen LogP contribution in [0.15, 0.2) is 22.7 Å². The van der Waals surface area contributed by atoms with Gasteiger partial charge in [0.2, 0.25) is 0 Å². The van der Waals surface area contributed by atoms with Crippen LogP contribution < -0.4 is 15.4 Å². The third kappa shape index (κ3) is 5.90. The number of carbonyl (C=O) groups excluding carboxylic acids is 1. The Hall–Kier alpha value is -1.11. The lowest BCUT2D eigenvalue weighted by molar-refractivity contribution is -0.123. The molecule has 2 N–H and O–H groups in total. The van der Waals surface area contributed by atoms with Gasteiger partial charge in [0.05, 0.1) is 4.47 Å². The molecule has 1 aromatic carbocycles. The van der Waals surface area contributed by atoms with E-state index in [1.54, 1.807) is 7.11 Å². The predicted octanol–water partition coefficient (Wildman–Crippen LogP) is 1.70. The molecule has 0 aliphatic carbocycles. The standard InChI is InChI=1S/C14H21BrN2O3/c1-16-9-11-5-3-6-12(15)14(11)20-10-13(18)17-7-4-8-19-2/h3,5-6,16H,4,7-10H2,1-2H3,(H,17,18). The zero-order chi connectivity index (χ0) is 14.8. The molecule has 0 aliphatic rings. The summed E-state index contributed by atoms with van der Waals surface area (Å²) in [5.74, 6) is 0.571. The maximum absolute atomic E-state index is 11.7. The summed E-state index contributed by atoms with van der Waals surface area (Å²) in [6.45, 7) is 1.92. The van der Waals surface area contributed by atoms with Crippen LogP contribution in [-0.2, 0) is 16.1 Å². The van der Waals surface area contributed by atoms with Gasteiger partial charge in [0, 0.05) is 32.4 Å². The third-order valence-electron chi connectivity index (χ3n) is 2.61. The average molecular weight is 345 g/mol. The molecule has 0 bridgehead atoms. The highest BCUT2D eigenvalue weighted by Crippen LogP contribution is 2.28. The van der Waals surface area contributed by atoms with E-state index < -0.39 is 0 Å². The molecule has 1 amide bonds. The predicted molar refractivity (Wildman–Crippen MR) is 81.9 cm³/mol. The number of methoxy groups -OCH3 is 1. The number of benzene rings is 1. The minimum atomic E-state index is -0.132. The Labute approximate surface area is 128 Å². The maximum Gasteiger partial charge on any atom is 0.257 e. The molecule has 5 nitrogen and oxygen atoms in total. The molecule has 0 radical (unpaired) electrons. The number of hydrogen-bond acceptors (Lipinski definition) is 4. The highest BCUT2D eigenvalue weighted by atomic mass is 79.9. The second-order valence-electron chi connectivity index (χ2n) is 4.24.